The number of hydrogen-bond acceptors (Lipinski definition) is 0. The Kier molecular flexibility index (Phi) is 5.38. The van der Waals surface area contributed by atoms with Crippen molar-refractivity contribution in [1.82, 2.24) is 0 Å². The molecule has 0 radical (unpaired) electrons. The van der Waals surface area contributed by atoms with Crippen molar-refractivity contribution in [2.24, 2.45) is 11.8 Å². The summed E-state index contributed by atoms with van der Waals surface area (Å²) in [6.07, 6.45) is 2.73. The molecule has 23 heavy (non-hydrogen) atoms. The molecule has 126 valence electrons. The quantitative estimate of drug-likeness (QED) is 0.545. The second-order valence-corrected chi connectivity index (χ2v) is 6.92. The molecule has 3 heteroatoms. The average Bonchev–Trinajstić information content (AvgIpc) is 2.43. The highest BCUT2D eigenvalue weighted by Gasteiger charge is 2.32. The van der Waals surface area contributed by atoms with E-state index in [4.69, 9.17) is 0 Å². The van der Waals surface area contributed by atoms with Gasteiger partial charge in [-0.1, -0.05) is 49.3 Å². The van der Waals surface area contributed by atoms with E-state index >= 15 is 0 Å². The van der Waals surface area contributed by atoms with Crippen LogP contribution >= 0.6 is 0 Å². The Morgan fingerprint density at radius 3 is 2.48 bits per heavy atom. The van der Waals surface area contributed by atoms with Crippen molar-refractivity contribution in [3.63, 3.8) is 0 Å². The van der Waals surface area contributed by atoms with Crippen LogP contribution in [0.25, 0.3) is 0 Å². The van der Waals surface area contributed by atoms with Crippen LogP contribution in [0.1, 0.15) is 50.3 Å². The molecule has 0 saturated heterocycles. The zero-order valence-electron chi connectivity index (χ0n) is 14.3. The maximum absolute atomic E-state index is 13.1. The molecular formula is C20H25F3. The molecule has 0 amide bonds. The summed E-state index contributed by atoms with van der Waals surface area (Å²) >= 11 is 0. The standard InChI is InChI=1S/C20H25F3/c1-13-9-16(4)14(2)5-7-17(10-13)11-18-8-6-15(3)19(12-18)20(21,22)23/h6-9,12-14H,5,10-11H2,1-4H3/b16-9-,17-7+/t13-,14-/m1/s1. The van der Waals surface area contributed by atoms with E-state index in [1.165, 1.54) is 24.1 Å². The highest BCUT2D eigenvalue weighted by Crippen LogP contribution is 2.33. The molecule has 2 atom stereocenters. The van der Waals surface area contributed by atoms with Crippen molar-refractivity contribution < 1.29 is 13.2 Å². The first-order valence-corrected chi connectivity index (χ1v) is 8.19. The van der Waals surface area contributed by atoms with Gasteiger partial charge in [-0.2, -0.15) is 13.2 Å². The van der Waals surface area contributed by atoms with Crippen LogP contribution in [0.5, 0.6) is 0 Å². The largest absolute Gasteiger partial charge is 0.416 e. The molecule has 1 aliphatic rings. The molecule has 1 aromatic carbocycles. The zero-order chi connectivity index (χ0) is 17.2. The maximum Gasteiger partial charge on any atom is 0.416 e. The Balaban J connectivity index is 2.22. The topological polar surface area (TPSA) is 0 Å². The summed E-state index contributed by atoms with van der Waals surface area (Å²) in [6.45, 7) is 8.05. The second kappa shape index (κ2) is 6.94. The first kappa shape index (κ1) is 17.8. The van der Waals surface area contributed by atoms with Crippen molar-refractivity contribution in [2.45, 2.75) is 53.1 Å². The number of aryl methyl sites for hydroxylation is 1. The Morgan fingerprint density at radius 1 is 1.13 bits per heavy atom. The molecule has 0 bridgehead atoms. The van der Waals surface area contributed by atoms with Gasteiger partial charge in [0.15, 0.2) is 0 Å². The van der Waals surface area contributed by atoms with Crippen LogP contribution in [0.2, 0.25) is 0 Å². The molecule has 0 unspecified atom stereocenters. The Bertz CT molecular complexity index is 620. The number of rotatable bonds is 2. The van der Waals surface area contributed by atoms with Gasteiger partial charge >= 0.3 is 6.18 Å². The van der Waals surface area contributed by atoms with E-state index in [1.807, 2.05) is 6.07 Å². The number of hydrogen-bond donors (Lipinski definition) is 0. The van der Waals surface area contributed by atoms with Crippen LogP contribution in [0.4, 0.5) is 13.2 Å². The smallest absolute Gasteiger partial charge is 0.166 e. The first-order chi connectivity index (χ1) is 10.7. The molecule has 0 spiro atoms. The van der Waals surface area contributed by atoms with Crippen molar-refractivity contribution in [3.8, 4) is 0 Å². The monoisotopic (exact) mass is 322 g/mol. The number of alkyl halides is 3. The number of allylic oxidation sites excluding steroid dienone is 4. The van der Waals surface area contributed by atoms with Crippen molar-refractivity contribution >= 4 is 0 Å². The van der Waals surface area contributed by atoms with Gasteiger partial charge in [0.05, 0.1) is 5.56 Å². The van der Waals surface area contributed by atoms with Gasteiger partial charge in [-0.15, -0.1) is 0 Å². The summed E-state index contributed by atoms with van der Waals surface area (Å²) in [5.41, 5.74) is 3.16. The van der Waals surface area contributed by atoms with Crippen LogP contribution in [0.3, 0.4) is 0 Å². The normalized spacial score (nSPS) is 27.4. The van der Waals surface area contributed by atoms with E-state index < -0.39 is 11.7 Å². The van der Waals surface area contributed by atoms with Crippen LogP contribution in [0.15, 0.2) is 41.5 Å². The van der Waals surface area contributed by atoms with Crippen LogP contribution in [-0.4, -0.2) is 0 Å². The molecular weight excluding hydrogens is 297 g/mol. The lowest BCUT2D eigenvalue weighted by molar-refractivity contribution is -0.138. The molecule has 0 fully saturated rings. The Hall–Kier alpha value is -1.51. The summed E-state index contributed by atoms with van der Waals surface area (Å²) < 4.78 is 39.2. The molecule has 0 aliphatic heterocycles. The summed E-state index contributed by atoms with van der Waals surface area (Å²) in [5, 5.41) is 0. The van der Waals surface area contributed by atoms with Gasteiger partial charge < -0.3 is 0 Å². The molecule has 0 aromatic heterocycles. The lowest BCUT2D eigenvalue weighted by Crippen LogP contribution is -2.09. The molecule has 0 nitrogen and oxygen atoms in total. The van der Waals surface area contributed by atoms with E-state index in [9.17, 15) is 13.2 Å². The Morgan fingerprint density at radius 2 is 1.83 bits per heavy atom. The fourth-order valence-electron chi connectivity index (χ4n) is 3.19. The molecule has 0 saturated carbocycles. The van der Waals surface area contributed by atoms with Gasteiger partial charge in [-0.3, -0.25) is 0 Å². The predicted octanol–water partition coefficient (Wildman–Crippen LogP) is 6.50. The van der Waals surface area contributed by atoms with Gasteiger partial charge in [-0.05, 0) is 62.1 Å². The van der Waals surface area contributed by atoms with Crippen molar-refractivity contribution in [3.05, 3.63) is 58.2 Å². The fraction of sp³-hybridized carbons (Fsp3) is 0.500. The van der Waals surface area contributed by atoms with E-state index in [0.717, 1.165) is 18.4 Å². The predicted molar refractivity (Wildman–Crippen MR) is 89.3 cm³/mol. The van der Waals surface area contributed by atoms with Crippen molar-refractivity contribution in [1.29, 1.82) is 0 Å². The SMILES string of the molecule is C/C1=C/[C@@H](C)C/C(Cc2ccc(C)c(C(F)(F)F)c2)=C\C[C@H]1C. The average molecular weight is 322 g/mol. The third-order valence-corrected chi connectivity index (χ3v) is 4.71. The third kappa shape index (κ3) is 4.73. The molecule has 2 rings (SSSR count). The first-order valence-electron chi connectivity index (χ1n) is 8.19. The van der Waals surface area contributed by atoms with Crippen LogP contribution < -0.4 is 0 Å². The van der Waals surface area contributed by atoms with Gasteiger partial charge in [0.2, 0.25) is 0 Å². The van der Waals surface area contributed by atoms with E-state index in [1.54, 1.807) is 6.07 Å². The van der Waals surface area contributed by atoms with Gasteiger partial charge in [-0.25, -0.2) is 0 Å². The maximum atomic E-state index is 13.1. The molecule has 0 heterocycles. The van der Waals surface area contributed by atoms with Crippen LogP contribution in [-0.2, 0) is 12.6 Å². The lowest BCUT2D eigenvalue weighted by atomic mass is 9.86. The van der Waals surface area contributed by atoms with Crippen LogP contribution in [0, 0.1) is 18.8 Å². The molecule has 0 N–H and O–H groups in total. The minimum absolute atomic E-state index is 0.286. The second-order valence-electron chi connectivity index (χ2n) is 6.92. The third-order valence-electron chi connectivity index (χ3n) is 4.71. The van der Waals surface area contributed by atoms with Gasteiger partial charge in [0.25, 0.3) is 0 Å². The van der Waals surface area contributed by atoms with E-state index in [-0.39, 0.29) is 5.56 Å². The molecule has 1 aromatic rings. The fourth-order valence-corrected chi connectivity index (χ4v) is 3.19. The van der Waals surface area contributed by atoms with E-state index in [2.05, 4.69) is 32.9 Å². The summed E-state index contributed by atoms with van der Waals surface area (Å²) in [7, 11) is 0. The lowest BCUT2D eigenvalue weighted by Gasteiger charge is -2.20. The highest BCUT2D eigenvalue weighted by atomic mass is 19.4. The van der Waals surface area contributed by atoms with E-state index in [0.29, 0.717) is 18.3 Å². The number of halogens is 3. The Labute approximate surface area is 137 Å². The summed E-state index contributed by atoms with van der Waals surface area (Å²) in [5.74, 6) is 0.924. The summed E-state index contributed by atoms with van der Waals surface area (Å²) in [4.78, 5) is 0. The van der Waals surface area contributed by atoms with Crippen molar-refractivity contribution in [2.75, 3.05) is 0 Å². The van der Waals surface area contributed by atoms with Gasteiger partial charge in [0.1, 0.15) is 0 Å². The minimum atomic E-state index is -4.28. The highest BCUT2D eigenvalue weighted by molar-refractivity contribution is 5.35. The minimum Gasteiger partial charge on any atom is -0.166 e. The molecule has 1 aliphatic carbocycles. The van der Waals surface area contributed by atoms with Gasteiger partial charge in [0, 0.05) is 0 Å². The zero-order valence-corrected chi connectivity index (χ0v) is 14.3. The summed E-state index contributed by atoms with van der Waals surface area (Å²) in [6, 6.07) is 4.71. The number of benzene rings is 1.